The van der Waals surface area contributed by atoms with Crippen molar-refractivity contribution in [1.29, 1.82) is 0 Å². The molecule has 0 radical (unpaired) electrons. The first-order valence-electron chi connectivity index (χ1n) is 7.88. The molecule has 1 amide bonds. The molecule has 1 aliphatic carbocycles. The van der Waals surface area contributed by atoms with Crippen molar-refractivity contribution in [2.75, 3.05) is 13.1 Å². The molecule has 0 aromatic rings. The largest absolute Gasteiger partial charge is 0.480 e. The van der Waals surface area contributed by atoms with Gasteiger partial charge in [0.25, 0.3) is 0 Å². The van der Waals surface area contributed by atoms with Crippen molar-refractivity contribution < 1.29 is 14.7 Å². The van der Waals surface area contributed by atoms with Crippen LogP contribution >= 0.6 is 0 Å². The number of nitrogens with two attached hydrogens (primary N) is 1. The molecule has 114 valence electrons. The summed E-state index contributed by atoms with van der Waals surface area (Å²) in [5.74, 6) is -0.655. The van der Waals surface area contributed by atoms with Crippen LogP contribution in [0, 0.1) is 11.8 Å². The van der Waals surface area contributed by atoms with Crippen molar-refractivity contribution >= 4 is 11.9 Å². The number of carboxylic acids is 1. The second kappa shape index (κ2) is 7.07. The van der Waals surface area contributed by atoms with E-state index in [2.05, 4.69) is 0 Å². The summed E-state index contributed by atoms with van der Waals surface area (Å²) in [6.07, 6.45) is 7.45. The SMILES string of the molecule is NCC1CCCCC1C(=O)N1CCCCCC1C(=O)O. The van der Waals surface area contributed by atoms with E-state index in [1.54, 1.807) is 4.90 Å². The summed E-state index contributed by atoms with van der Waals surface area (Å²) >= 11 is 0. The zero-order valence-electron chi connectivity index (χ0n) is 12.1. The van der Waals surface area contributed by atoms with Crippen molar-refractivity contribution in [3.63, 3.8) is 0 Å². The van der Waals surface area contributed by atoms with E-state index in [0.29, 0.717) is 19.5 Å². The van der Waals surface area contributed by atoms with Crippen molar-refractivity contribution in [2.24, 2.45) is 17.6 Å². The summed E-state index contributed by atoms with van der Waals surface area (Å²) in [5, 5.41) is 9.39. The van der Waals surface area contributed by atoms with Crippen LogP contribution in [0.2, 0.25) is 0 Å². The summed E-state index contributed by atoms with van der Waals surface area (Å²) in [4.78, 5) is 25.9. The first-order valence-corrected chi connectivity index (χ1v) is 7.88. The number of nitrogens with zero attached hydrogens (tertiary/aromatic N) is 1. The van der Waals surface area contributed by atoms with Gasteiger partial charge in [0.2, 0.25) is 5.91 Å². The molecule has 2 aliphatic rings. The van der Waals surface area contributed by atoms with E-state index in [-0.39, 0.29) is 17.7 Å². The number of aliphatic carboxylic acids is 1. The van der Waals surface area contributed by atoms with Gasteiger partial charge in [-0.2, -0.15) is 0 Å². The number of hydrogen-bond acceptors (Lipinski definition) is 3. The fourth-order valence-corrected chi connectivity index (χ4v) is 3.66. The minimum Gasteiger partial charge on any atom is -0.480 e. The molecule has 1 aliphatic heterocycles. The molecule has 1 saturated carbocycles. The standard InChI is InChI=1S/C15H26N2O3/c16-10-11-6-3-4-7-12(11)14(18)17-9-5-1-2-8-13(17)15(19)20/h11-13H,1-10,16H2,(H,19,20). The van der Waals surface area contributed by atoms with Gasteiger partial charge in [-0.25, -0.2) is 4.79 Å². The Morgan fingerprint density at radius 3 is 2.45 bits per heavy atom. The van der Waals surface area contributed by atoms with E-state index in [9.17, 15) is 14.7 Å². The molecule has 0 spiro atoms. The highest BCUT2D eigenvalue weighted by atomic mass is 16.4. The predicted molar refractivity (Wildman–Crippen MR) is 76.1 cm³/mol. The Hall–Kier alpha value is -1.10. The molecule has 3 unspecified atom stereocenters. The second-order valence-electron chi connectivity index (χ2n) is 6.12. The van der Waals surface area contributed by atoms with Crippen LogP contribution in [0.1, 0.15) is 51.4 Å². The zero-order valence-corrected chi connectivity index (χ0v) is 12.1. The molecule has 0 bridgehead atoms. The van der Waals surface area contributed by atoms with Crippen LogP contribution in [0.15, 0.2) is 0 Å². The monoisotopic (exact) mass is 282 g/mol. The molecule has 2 fully saturated rings. The van der Waals surface area contributed by atoms with Crippen LogP contribution in [0.4, 0.5) is 0 Å². The normalized spacial score (nSPS) is 31.6. The maximum Gasteiger partial charge on any atom is 0.326 e. The lowest BCUT2D eigenvalue weighted by molar-refractivity contribution is -0.153. The summed E-state index contributed by atoms with van der Waals surface area (Å²) in [6.45, 7) is 1.12. The van der Waals surface area contributed by atoms with Crippen LogP contribution in [0.5, 0.6) is 0 Å². The molecule has 5 heteroatoms. The fraction of sp³-hybridized carbons (Fsp3) is 0.867. The highest BCUT2D eigenvalue weighted by Gasteiger charge is 2.38. The molecule has 5 nitrogen and oxygen atoms in total. The predicted octanol–water partition coefficient (Wildman–Crippen LogP) is 1.61. The quantitative estimate of drug-likeness (QED) is 0.823. The minimum absolute atomic E-state index is 0.0365. The van der Waals surface area contributed by atoms with Crippen LogP contribution in [0.3, 0.4) is 0 Å². The van der Waals surface area contributed by atoms with Gasteiger partial charge in [-0.15, -0.1) is 0 Å². The summed E-state index contributed by atoms with van der Waals surface area (Å²) < 4.78 is 0. The van der Waals surface area contributed by atoms with Gasteiger partial charge >= 0.3 is 5.97 Å². The summed E-state index contributed by atoms with van der Waals surface area (Å²) in [6, 6.07) is -0.634. The van der Waals surface area contributed by atoms with Gasteiger partial charge in [0, 0.05) is 12.5 Å². The van der Waals surface area contributed by atoms with E-state index in [1.165, 1.54) is 0 Å². The van der Waals surface area contributed by atoms with E-state index in [0.717, 1.165) is 44.9 Å². The van der Waals surface area contributed by atoms with Gasteiger partial charge < -0.3 is 15.7 Å². The van der Waals surface area contributed by atoms with Crippen LogP contribution in [-0.2, 0) is 9.59 Å². The van der Waals surface area contributed by atoms with E-state index < -0.39 is 12.0 Å². The molecule has 0 aromatic carbocycles. The average molecular weight is 282 g/mol. The first kappa shape index (κ1) is 15.3. The van der Waals surface area contributed by atoms with Gasteiger partial charge in [0.05, 0.1) is 0 Å². The number of carbonyl (C=O) groups is 2. The zero-order chi connectivity index (χ0) is 14.5. The highest BCUT2D eigenvalue weighted by molar-refractivity contribution is 5.85. The Kier molecular flexibility index (Phi) is 5.40. The van der Waals surface area contributed by atoms with Crippen molar-refractivity contribution in [2.45, 2.75) is 57.4 Å². The number of rotatable bonds is 3. The van der Waals surface area contributed by atoms with E-state index in [4.69, 9.17) is 5.73 Å². The van der Waals surface area contributed by atoms with Gasteiger partial charge in [-0.3, -0.25) is 4.79 Å². The Morgan fingerprint density at radius 2 is 1.75 bits per heavy atom. The van der Waals surface area contributed by atoms with E-state index >= 15 is 0 Å². The van der Waals surface area contributed by atoms with Crippen molar-refractivity contribution in [3.8, 4) is 0 Å². The van der Waals surface area contributed by atoms with E-state index in [1.807, 2.05) is 0 Å². The van der Waals surface area contributed by atoms with Gasteiger partial charge in [0.15, 0.2) is 0 Å². The molecule has 1 saturated heterocycles. The molecular formula is C15H26N2O3. The average Bonchev–Trinajstić information content (AvgIpc) is 2.72. The summed E-state index contributed by atoms with van der Waals surface area (Å²) in [5.41, 5.74) is 5.80. The fourth-order valence-electron chi connectivity index (χ4n) is 3.66. The maximum absolute atomic E-state index is 12.8. The molecule has 2 rings (SSSR count). The Morgan fingerprint density at radius 1 is 1.05 bits per heavy atom. The highest BCUT2D eigenvalue weighted by Crippen LogP contribution is 2.32. The van der Waals surface area contributed by atoms with Gasteiger partial charge in [0.1, 0.15) is 6.04 Å². The number of hydrogen-bond donors (Lipinski definition) is 2. The molecule has 3 N–H and O–H groups in total. The molecule has 0 aromatic heterocycles. The third kappa shape index (κ3) is 3.32. The van der Waals surface area contributed by atoms with Gasteiger partial charge in [-0.1, -0.05) is 25.7 Å². The lowest BCUT2D eigenvalue weighted by Crippen LogP contribution is -2.49. The Labute approximate surface area is 120 Å². The summed E-state index contributed by atoms with van der Waals surface area (Å²) in [7, 11) is 0. The van der Waals surface area contributed by atoms with Crippen LogP contribution < -0.4 is 5.73 Å². The van der Waals surface area contributed by atoms with Crippen LogP contribution in [-0.4, -0.2) is 41.0 Å². The van der Waals surface area contributed by atoms with Gasteiger partial charge in [-0.05, 0) is 38.1 Å². The smallest absolute Gasteiger partial charge is 0.326 e. The van der Waals surface area contributed by atoms with Crippen molar-refractivity contribution in [3.05, 3.63) is 0 Å². The number of amides is 1. The Bertz CT molecular complexity index is 359. The molecular weight excluding hydrogens is 256 g/mol. The third-order valence-electron chi connectivity index (χ3n) is 4.85. The van der Waals surface area contributed by atoms with Crippen molar-refractivity contribution in [1.82, 2.24) is 4.90 Å². The second-order valence-corrected chi connectivity index (χ2v) is 6.12. The topological polar surface area (TPSA) is 83.6 Å². The third-order valence-corrected chi connectivity index (χ3v) is 4.85. The number of likely N-dealkylation sites (tertiary alicyclic amines) is 1. The lowest BCUT2D eigenvalue weighted by atomic mass is 9.78. The molecule has 1 heterocycles. The first-order chi connectivity index (χ1) is 9.65. The number of carboxylic acid groups (broad SMARTS) is 1. The maximum atomic E-state index is 12.8. The lowest BCUT2D eigenvalue weighted by Gasteiger charge is -2.36. The Balaban J connectivity index is 2.13. The molecule has 3 atom stereocenters. The van der Waals surface area contributed by atoms with Crippen LogP contribution in [0.25, 0.3) is 0 Å². The number of carbonyl (C=O) groups excluding carboxylic acids is 1. The minimum atomic E-state index is -0.861. The molecule has 20 heavy (non-hydrogen) atoms.